The van der Waals surface area contributed by atoms with Gasteiger partial charge in [0, 0.05) is 32.7 Å². The van der Waals surface area contributed by atoms with Crippen molar-refractivity contribution in [3.05, 3.63) is 0 Å². The van der Waals surface area contributed by atoms with Crippen molar-refractivity contribution in [1.29, 1.82) is 0 Å². The first-order valence-corrected chi connectivity index (χ1v) is 8.71. The Hall–Kier alpha value is -1.75. The van der Waals surface area contributed by atoms with Gasteiger partial charge in [-0.05, 0) is 0 Å². The van der Waals surface area contributed by atoms with Crippen molar-refractivity contribution in [2.75, 3.05) is 94.1 Å². The van der Waals surface area contributed by atoms with Gasteiger partial charge in [-0.3, -0.25) is 0 Å². The van der Waals surface area contributed by atoms with Crippen LogP contribution < -0.4 is 15.1 Å². The predicted octanol–water partition coefficient (Wildman–Crippen LogP) is -1.03. The van der Waals surface area contributed by atoms with Gasteiger partial charge in [0.05, 0.1) is 46.2 Å². The normalized spacial score (nSPS) is 18.4. The van der Waals surface area contributed by atoms with Crippen LogP contribution in [0.3, 0.4) is 0 Å². The molecule has 0 amide bonds. The summed E-state index contributed by atoms with van der Waals surface area (Å²) in [7, 11) is 0. The molecule has 2 fully saturated rings. The van der Waals surface area contributed by atoms with Crippen LogP contribution in [-0.2, 0) is 14.2 Å². The smallest absolute Gasteiger partial charge is 0.232 e. The maximum absolute atomic E-state index is 8.73. The number of hydrogen-bond acceptors (Lipinski definition) is 10. The Kier molecular flexibility index (Phi) is 6.98. The lowest BCUT2D eigenvalue weighted by Crippen LogP contribution is -2.40. The van der Waals surface area contributed by atoms with Crippen LogP contribution in [0.25, 0.3) is 0 Å². The Morgan fingerprint density at radius 2 is 1.44 bits per heavy atom. The second kappa shape index (κ2) is 9.66. The molecule has 10 nitrogen and oxygen atoms in total. The van der Waals surface area contributed by atoms with E-state index in [1.54, 1.807) is 0 Å². The number of nitrogens with one attached hydrogen (secondary N) is 1. The zero-order chi connectivity index (χ0) is 17.3. The lowest BCUT2D eigenvalue weighted by atomic mass is 10.4. The van der Waals surface area contributed by atoms with E-state index in [0.717, 1.165) is 26.2 Å². The quantitative estimate of drug-likeness (QED) is 0.563. The molecule has 140 valence electrons. The molecule has 0 radical (unpaired) electrons. The van der Waals surface area contributed by atoms with Crippen molar-refractivity contribution in [2.45, 2.75) is 0 Å². The van der Waals surface area contributed by atoms with Gasteiger partial charge >= 0.3 is 0 Å². The third kappa shape index (κ3) is 5.36. The monoisotopic (exact) mass is 354 g/mol. The Balaban J connectivity index is 1.70. The van der Waals surface area contributed by atoms with Crippen LogP contribution in [-0.4, -0.2) is 99.0 Å². The second-order valence-electron chi connectivity index (χ2n) is 5.72. The van der Waals surface area contributed by atoms with Gasteiger partial charge < -0.3 is 34.4 Å². The highest BCUT2D eigenvalue weighted by atomic mass is 16.5. The van der Waals surface area contributed by atoms with Gasteiger partial charge in [0.15, 0.2) is 0 Å². The van der Waals surface area contributed by atoms with Crippen LogP contribution >= 0.6 is 0 Å². The highest BCUT2D eigenvalue weighted by Gasteiger charge is 2.20. The van der Waals surface area contributed by atoms with Crippen molar-refractivity contribution in [2.24, 2.45) is 0 Å². The van der Waals surface area contributed by atoms with Crippen molar-refractivity contribution >= 4 is 17.8 Å². The van der Waals surface area contributed by atoms with Crippen LogP contribution in [0.5, 0.6) is 0 Å². The molecule has 2 N–H and O–H groups in total. The van der Waals surface area contributed by atoms with E-state index < -0.39 is 0 Å². The number of nitrogens with zero attached hydrogens (tertiary/aromatic N) is 5. The van der Waals surface area contributed by atoms with Crippen molar-refractivity contribution in [3.8, 4) is 0 Å². The van der Waals surface area contributed by atoms with Crippen LogP contribution in [0.4, 0.5) is 17.8 Å². The molecule has 0 atom stereocenters. The number of anilines is 3. The molecule has 3 rings (SSSR count). The van der Waals surface area contributed by atoms with Gasteiger partial charge in [-0.1, -0.05) is 0 Å². The molecule has 0 aliphatic carbocycles. The molecule has 1 aromatic rings. The second-order valence-corrected chi connectivity index (χ2v) is 5.72. The van der Waals surface area contributed by atoms with Gasteiger partial charge in [-0.2, -0.15) is 15.0 Å². The summed E-state index contributed by atoms with van der Waals surface area (Å²) in [4.78, 5) is 18.0. The van der Waals surface area contributed by atoms with E-state index in [0.29, 0.717) is 64.0 Å². The predicted molar refractivity (Wildman–Crippen MR) is 92.3 cm³/mol. The maximum atomic E-state index is 8.73. The fourth-order valence-corrected chi connectivity index (χ4v) is 2.64. The standard InChI is InChI=1S/C15H26N6O4/c22-6-12-23-7-1-16-13-17-14(20-2-8-24-9-3-20)19-15(18-13)21-4-10-25-11-5-21/h22H,1-12H2,(H,16,17,18,19). The highest BCUT2D eigenvalue weighted by molar-refractivity contribution is 5.45. The minimum Gasteiger partial charge on any atom is -0.394 e. The number of morpholine rings is 2. The first-order valence-electron chi connectivity index (χ1n) is 8.71. The van der Waals surface area contributed by atoms with E-state index in [4.69, 9.17) is 19.3 Å². The third-order valence-electron chi connectivity index (χ3n) is 3.96. The molecule has 1 aromatic heterocycles. The van der Waals surface area contributed by atoms with Crippen LogP contribution in [0.2, 0.25) is 0 Å². The molecular formula is C15H26N6O4. The van der Waals surface area contributed by atoms with Gasteiger partial charge in [0.1, 0.15) is 0 Å². The molecule has 0 bridgehead atoms. The molecular weight excluding hydrogens is 328 g/mol. The van der Waals surface area contributed by atoms with E-state index in [9.17, 15) is 0 Å². The summed E-state index contributed by atoms with van der Waals surface area (Å²) in [5.41, 5.74) is 0. The van der Waals surface area contributed by atoms with Crippen molar-refractivity contribution in [3.63, 3.8) is 0 Å². The minimum absolute atomic E-state index is 0.0219. The topological polar surface area (TPSA) is 105 Å². The van der Waals surface area contributed by atoms with Gasteiger partial charge in [-0.15, -0.1) is 0 Å². The van der Waals surface area contributed by atoms with Crippen LogP contribution in [0, 0.1) is 0 Å². The van der Waals surface area contributed by atoms with Crippen LogP contribution in [0.15, 0.2) is 0 Å². The Labute approximate surface area is 147 Å². The fourth-order valence-electron chi connectivity index (χ4n) is 2.64. The van der Waals surface area contributed by atoms with Gasteiger partial charge in [0.2, 0.25) is 17.8 Å². The molecule has 0 spiro atoms. The molecule has 3 heterocycles. The van der Waals surface area contributed by atoms with E-state index in [1.165, 1.54) is 0 Å². The maximum Gasteiger partial charge on any atom is 0.232 e. The minimum atomic E-state index is 0.0219. The molecule has 25 heavy (non-hydrogen) atoms. The first kappa shape index (κ1) is 18.1. The highest BCUT2D eigenvalue weighted by Crippen LogP contribution is 2.18. The van der Waals surface area contributed by atoms with E-state index in [-0.39, 0.29) is 6.61 Å². The molecule has 2 aliphatic rings. The number of aromatic nitrogens is 3. The van der Waals surface area contributed by atoms with E-state index in [1.807, 2.05) is 0 Å². The fraction of sp³-hybridized carbons (Fsp3) is 0.800. The molecule has 2 aliphatic heterocycles. The van der Waals surface area contributed by atoms with Crippen LogP contribution in [0.1, 0.15) is 0 Å². The summed E-state index contributed by atoms with van der Waals surface area (Å²) >= 11 is 0. The summed E-state index contributed by atoms with van der Waals surface area (Å²) in [6.45, 7) is 7.18. The number of rotatable bonds is 8. The summed E-state index contributed by atoms with van der Waals surface area (Å²) in [6, 6.07) is 0. The number of hydrogen-bond donors (Lipinski definition) is 2. The number of ether oxygens (including phenoxy) is 3. The summed E-state index contributed by atoms with van der Waals surface area (Å²) in [5.74, 6) is 1.86. The largest absolute Gasteiger partial charge is 0.394 e. The average molecular weight is 354 g/mol. The van der Waals surface area contributed by atoms with Gasteiger partial charge in [0.25, 0.3) is 0 Å². The number of aliphatic hydroxyl groups excluding tert-OH is 1. The van der Waals surface area contributed by atoms with E-state index >= 15 is 0 Å². The lowest BCUT2D eigenvalue weighted by molar-refractivity contribution is 0.0991. The molecule has 2 saturated heterocycles. The van der Waals surface area contributed by atoms with Gasteiger partial charge in [-0.25, -0.2) is 0 Å². The molecule has 0 aromatic carbocycles. The Morgan fingerprint density at radius 3 is 1.96 bits per heavy atom. The molecule has 0 unspecified atom stereocenters. The zero-order valence-electron chi connectivity index (χ0n) is 14.4. The summed E-state index contributed by atoms with van der Waals surface area (Å²) in [5, 5.41) is 11.9. The van der Waals surface area contributed by atoms with E-state index in [2.05, 4.69) is 30.1 Å². The first-order chi connectivity index (χ1) is 12.4. The third-order valence-corrected chi connectivity index (χ3v) is 3.96. The Morgan fingerprint density at radius 1 is 0.880 bits per heavy atom. The molecule has 10 heteroatoms. The average Bonchev–Trinajstić information content (AvgIpc) is 2.69. The molecule has 0 saturated carbocycles. The lowest BCUT2D eigenvalue weighted by Gasteiger charge is -2.30. The summed E-state index contributed by atoms with van der Waals surface area (Å²) < 4.78 is 16.1. The summed E-state index contributed by atoms with van der Waals surface area (Å²) in [6.07, 6.45) is 0. The van der Waals surface area contributed by atoms with Crippen molar-refractivity contribution in [1.82, 2.24) is 15.0 Å². The Bertz CT molecular complexity index is 486. The number of aliphatic hydroxyl groups is 1. The zero-order valence-corrected chi connectivity index (χ0v) is 14.4. The van der Waals surface area contributed by atoms with Crippen molar-refractivity contribution < 1.29 is 19.3 Å². The SMILES string of the molecule is OCCOCCNc1nc(N2CCOCC2)nc(N2CCOCC2)n1.